The number of hydrogen-bond acceptors (Lipinski definition) is 3. The van der Waals surface area contributed by atoms with Crippen LogP contribution in [-0.4, -0.2) is 23.6 Å². The molecule has 0 aromatic heterocycles. The maximum absolute atomic E-state index is 13.2. The minimum absolute atomic E-state index is 0.719. The number of carbonyl (C=O) groups is 1. The molecule has 3 aromatic rings. The molecule has 30 heavy (non-hydrogen) atoms. The van der Waals surface area contributed by atoms with Crippen molar-refractivity contribution in [1.29, 1.82) is 10.7 Å². The van der Waals surface area contributed by atoms with E-state index in [2.05, 4.69) is 6.07 Å². The number of alkyl halides is 2. The highest BCUT2D eigenvalue weighted by Gasteiger charge is 2.56. The fourth-order valence-corrected chi connectivity index (χ4v) is 8.02. The summed E-state index contributed by atoms with van der Waals surface area (Å²) in [6.07, 6.45) is -3.78. The topological polar surface area (TPSA) is 64.7 Å². The molecule has 1 unspecified atom stereocenters. The van der Waals surface area contributed by atoms with E-state index in [1.165, 1.54) is 0 Å². The normalized spacial score (nSPS) is 12.2. The standard InChI is InChI=1S/C24H20F2N2OP/c25-23(26)16-21(28)24(29)22(17-27)30(18-10-4-1-5-11-18,19-12-6-2-7-13-19)20-14-8-3-9-15-20/h1-15,22-23,28H,16H2/q+1. The van der Waals surface area contributed by atoms with E-state index < -0.39 is 37.3 Å². The molecular formula is C24H20F2N2OP+. The van der Waals surface area contributed by atoms with Crippen molar-refractivity contribution in [3.05, 3.63) is 91.0 Å². The molecule has 3 nitrogen and oxygen atoms in total. The number of benzene rings is 3. The van der Waals surface area contributed by atoms with Gasteiger partial charge in [-0.1, -0.05) is 54.6 Å². The van der Waals surface area contributed by atoms with Gasteiger partial charge in [0.05, 0.1) is 12.1 Å². The molecule has 0 aliphatic heterocycles. The first-order valence-electron chi connectivity index (χ1n) is 9.36. The third kappa shape index (κ3) is 4.06. The number of hydrogen-bond donors (Lipinski definition) is 1. The number of nitrogens with one attached hydrogen (secondary N) is 1. The van der Waals surface area contributed by atoms with Crippen LogP contribution in [0.15, 0.2) is 91.0 Å². The Balaban J connectivity index is 2.35. The Morgan fingerprint density at radius 2 is 1.20 bits per heavy atom. The summed E-state index contributed by atoms with van der Waals surface area (Å²) in [5.41, 5.74) is -2.00. The largest absolute Gasteiger partial charge is 0.301 e. The molecule has 0 saturated carbocycles. The summed E-state index contributed by atoms with van der Waals surface area (Å²) in [4.78, 5) is 13.2. The molecule has 0 aliphatic rings. The van der Waals surface area contributed by atoms with Gasteiger partial charge in [-0.05, 0) is 36.4 Å². The van der Waals surface area contributed by atoms with Crippen LogP contribution in [-0.2, 0) is 4.79 Å². The predicted octanol–water partition coefficient (Wildman–Crippen LogP) is 4.12. The monoisotopic (exact) mass is 421 g/mol. The highest BCUT2D eigenvalue weighted by Crippen LogP contribution is 2.59. The smallest absolute Gasteiger partial charge is 0.244 e. The van der Waals surface area contributed by atoms with Crippen LogP contribution in [0.4, 0.5) is 8.78 Å². The van der Waals surface area contributed by atoms with Crippen LogP contribution in [0, 0.1) is 16.7 Å². The SMILES string of the molecule is N#CC(C(=O)C(=N)CC(F)F)[P+](c1ccccc1)(c1ccccc1)c1ccccc1. The lowest BCUT2D eigenvalue weighted by molar-refractivity contribution is -0.112. The van der Waals surface area contributed by atoms with Gasteiger partial charge in [0.1, 0.15) is 29.2 Å². The van der Waals surface area contributed by atoms with E-state index in [9.17, 15) is 18.8 Å². The molecule has 3 aromatic carbocycles. The summed E-state index contributed by atoms with van der Waals surface area (Å²) >= 11 is 0. The third-order valence-electron chi connectivity index (χ3n) is 4.90. The second kappa shape index (κ2) is 9.52. The third-order valence-corrected chi connectivity index (χ3v) is 9.37. The maximum atomic E-state index is 13.2. The summed E-state index contributed by atoms with van der Waals surface area (Å²) in [6, 6.07) is 29.8. The van der Waals surface area contributed by atoms with Crippen molar-refractivity contribution in [3.8, 4) is 6.07 Å². The molecule has 0 amide bonds. The summed E-state index contributed by atoms with van der Waals surface area (Å²) in [5.74, 6) is -0.845. The van der Waals surface area contributed by atoms with Crippen LogP contribution < -0.4 is 15.9 Å². The minimum Gasteiger partial charge on any atom is -0.301 e. The average Bonchev–Trinajstić information content (AvgIpc) is 2.78. The zero-order valence-electron chi connectivity index (χ0n) is 16.1. The molecule has 0 aliphatic carbocycles. The lowest BCUT2D eigenvalue weighted by Crippen LogP contribution is -2.44. The first kappa shape index (κ1) is 21.5. The van der Waals surface area contributed by atoms with Gasteiger partial charge in [-0.2, -0.15) is 5.26 Å². The first-order chi connectivity index (χ1) is 14.5. The van der Waals surface area contributed by atoms with E-state index in [1.54, 1.807) is 0 Å². The number of carbonyl (C=O) groups excluding carboxylic acids is 1. The highest BCUT2D eigenvalue weighted by atomic mass is 31.2. The van der Waals surface area contributed by atoms with Gasteiger partial charge in [0.15, 0.2) is 0 Å². The molecular weight excluding hydrogens is 401 g/mol. The molecule has 0 saturated heterocycles. The van der Waals surface area contributed by atoms with Crippen LogP contribution in [0.3, 0.4) is 0 Å². The quantitative estimate of drug-likeness (QED) is 0.439. The molecule has 0 bridgehead atoms. The predicted molar refractivity (Wildman–Crippen MR) is 118 cm³/mol. The van der Waals surface area contributed by atoms with Crippen molar-refractivity contribution < 1.29 is 13.6 Å². The zero-order valence-corrected chi connectivity index (χ0v) is 17.0. The summed E-state index contributed by atoms with van der Waals surface area (Å²) < 4.78 is 25.8. The number of halogens is 2. The maximum Gasteiger partial charge on any atom is 0.244 e. The van der Waals surface area contributed by atoms with Gasteiger partial charge < -0.3 is 5.41 Å². The van der Waals surface area contributed by atoms with Gasteiger partial charge in [-0.15, -0.1) is 0 Å². The fourth-order valence-electron chi connectivity index (χ4n) is 3.62. The first-order valence-corrected chi connectivity index (χ1v) is 11.2. The Morgan fingerprint density at radius 1 is 0.833 bits per heavy atom. The van der Waals surface area contributed by atoms with Crippen LogP contribution in [0.1, 0.15) is 6.42 Å². The lowest BCUT2D eigenvalue weighted by Gasteiger charge is -2.30. The van der Waals surface area contributed by atoms with E-state index in [0.29, 0.717) is 0 Å². The van der Waals surface area contributed by atoms with Gasteiger partial charge in [0.25, 0.3) is 0 Å². The zero-order chi connectivity index (χ0) is 21.6. The fraction of sp³-hybridized carbons (Fsp3) is 0.125. The highest BCUT2D eigenvalue weighted by molar-refractivity contribution is 7.97. The van der Waals surface area contributed by atoms with E-state index in [0.717, 1.165) is 15.9 Å². The number of Topliss-reactive ketones (excluding diaryl/α,β-unsaturated/α-hetero) is 1. The molecule has 0 radical (unpaired) electrons. The van der Waals surface area contributed by atoms with E-state index in [4.69, 9.17) is 5.41 Å². The molecule has 1 atom stereocenters. The van der Waals surface area contributed by atoms with Crippen LogP contribution in [0.25, 0.3) is 0 Å². The Bertz CT molecular complexity index is 954. The molecule has 1 N–H and O–H groups in total. The van der Waals surface area contributed by atoms with Crippen molar-refractivity contribution >= 4 is 34.7 Å². The summed E-state index contributed by atoms with van der Waals surface area (Å²) in [5, 5.41) is 20.5. The van der Waals surface area contributed by atoms with Crippen molar-refractivity contribution in [2.75, 3.05) is 0 Å². The van der Waals surface area contributed by atoms with Gasteiger partial charge >= 0.3 is 0 Å². The van der Waals surface area contributed by atoms with Crippen molar-refractivity contribution in [2.24, 2.45) is 0 Å². The van der Waals surface area contributed by atoms with Crippen LogP contribution in [0.2, 0.25) is 0 Å². The number of ketones is 1. The Labute approximate surface area is 174 Å². The summed E-state index contributed by atoms with van der Waals surface area (Å²) in [7, 11) is -2.91. The Kier molecular flexibility index (Phi) is 6.82. The van der Waals surface area contributed by atoms with Crippen LogP contribution >= 0.6 is 7.26 Å². The summed E-state index contributed by atoms with van der Waals surface area (Å²) in [6.45, 7) is 0. The molecule has 6 heteroatoms. The Hall–Kier alpha value is -3.22. The van der Waals surface area contributed by atoms with Gasteiger partial charge in [0, 0.05) is 0 Å². The van der Waals surface area contributed by atoms with E-state index in [1.807, 2.05) is 91.0 Å². The molecule has 0 fully saturated rings. The van der Waals surface area contributed by atoms with Crippen molar-refractivity contribution in [3.63, 3.8) is 0 Å². The second-order valence-corrected chi connectivity index (χ2v) is 10.2. The molecule has 150 valence electrons. The average molecular weight is 421 g/mol. The minimum atomic E-state index is -2.91. The van der Waals surface area contributed by atoms with Crippen molar-refractivity contribution in [1.82, 2.24) is 0 Å². The molecule has 3 rings (SSSR count). The second-order valence-electron chi connectivity index (χ2n) is 6.70. The van der Waals surface area contributed by atoms with Crippen molar-refractivity contribution in [2.45, 2.75) is 18.5 Å². The number of nitriles is 1. The lowest BCUT2D eigenvalue weighted by atomic mass is 10.1. The Morgan fingerprint density at radius 3 is 1.50 bits per heavy atom. The van der Waals surface area contributed by atoms with E-state index >= 15 is 0 Å². The van der Waals surface area contributed by atoms with Gasteiger partial charge in [-0.25, -0.2) is 8.78 Å². The van der Waals surface area contributed by atoms with E-state index in [-0.39, 0.29) is 0 Å². The number of rotatable bonds is 8. The molecule has 0 heterocycles. The number of nitrogens with zero attached hydrogens (tertiary/aromatic N) is 1. The van der Waals surface area contributed by atoms with Crippen LogP contribution in [0.5, 0.6) is 0 Å². The van der Waals surface area contributed by atoms with Gasteiger partial charge in [-0.3, -0.25) is 4.79 Å². The molecule has 0 spiro atoms. The van der Waals surface area contributed by atoms with Gasteiger partial charge in [0.2, 0.25) is 17.9 Å².